The van der Waals surface area contributed by atoms with Gasteiger partial charge in [-0.15, -0.1) is 0 Å². The molecule has 0 aromatic heterocycles. The van der Waals surface area contributed by atoms with Crippen LogP contribution in [0.2, 0.25) is 0 Å². The van der Waals surface area contributed by atoms with Gasteiger partial charge in [-0.05, 0) is 25.3 Å². The van der Waals surface area contributed by atoms with Crippen molar-refractivity contribution in [1.82, 2.24) is 10.2 Å². The zero-order chi connectivity index (χ0) is 15.5. The van der Waals surface area contributed by atoms with Crippen molar-refractivity contribution in [2.75, 3.05) is 13.1 Å². The Morgan fingerprint density at radius 2 is 1.91 bits per heavy atom. The third kappa shape index (κ3) is 3.33. The van der Waals surface area contributed by atoms with Gasteiger partial charge in [-0.3, -0.25) is 9.69 Å². The molecule has 1 unspecified atom stereocenters. The summed E-state index contributed by atoms with van der Waals surface area (Å²) in [4.78, 5) is 14.7. The van der Waals surface area contributed by atoms with E-state index in [1.165, 1.54) is 18.4 Å². The summed E-state index contributed by atoms with van der Waals surface area (Å²) in [6.45, 7) is 3.66. The monoisotopic (exact) mass is 301 g/mol. The molecule has 2 aliphatic rings. The maximum atomic E-state index is 12.4. The Labute approximate surface area is 133 Å². The molecule has 3 atom stereocenters. The van der Waals surface area contributed by atoms with Gasteiger partial charge in [-0.2, -0.15) is 0 Å². The van der Waals surface area contributed by atoms with Crippen LogP contribution in [0.25, 0.3) is 0 Å². The zero-order valence-electron chi connectivity index (χ0n) is 13.4. The molecule has 1 saturated heterocycles. The van der Waals surface area contributed by atoms with Gasteiger partial charge in [0.25, 0.3) is 0 Å². The Hall–Kier alpha value is -1.39. The quantitative estimate of drug-likeness (QED) is 0.892. The minimum Gasteiger partial charge on any atom is -0.352 e. The predicted molar refractivity (Wildman–Crippen MR) is 88.6 cm³/mol. The molecule has 0 bridgehead atoms. The molecule has 1 aliphatic heterocycles. The maximum absolute atomic E-state index is 12.4. The summed E-state index contributed by atoms with van der Waals surface area (Å²) < 4.78 is 0. The fourth-order valence-corrected chi connectivity index (χ4v) is 3.79. The molecule has 120 valence electrons. The number of hydrogen-bond donors (Lipinski definition) is 2. The van der Waals surface area contributed by atoms with E-state index in [2.05, 4.69) is 34.5 Å². The lowest BCUT2D eigenvalue weighted by Gasteiger charge is -2.25. The standard InChI is InChI=1S/C18H27N3O/c1-13(18(22)20-15-9-5-6-10-15)21-11-16(17(19)12-21)14-7-3-2-4-8-14/h2-4,7-8,13,15-17H,5-6,9-12,19H2,1H3,(H,20,22)/t13?,16-,17+/m0/s1. The van der Waals surface area contributed by atoms with E-state index >= 15 is 0 Å². The number of nitrogens with zero attached hydrogens (tertiary/aromatic N) is 1. The average Bonchev–Trinajstić information content (AvgIpc) is 3.17. The fourth-order valence-electron chi connectivity index (χ4n) is 3.79. The molecule has 1 amide bonds. The molecule has 1 saturated carbocycles. The van der Waals surface area contributed by atoms with Crippen LogP contribution in [0.15, 0.2) is 30.3 Å². The maximum Gasteiger partial charge on any atom is 0.237 e. The molecule has 3 N–H and O–H groups in total. The van der Waals surface area contributed by atoms with E-state index in [-0.39, 0.29) is 18.0 Å². The second-order valence-corrected chi connectivity index (χ2v) is 6.80. The van der Waals surface area contributed by atoms with Crippen LogP contribution < -0.4 is 11.1 Å². The van der Waals surface area contributed by atoms with Gasteiger partial charge in [0, 0.05) is 31.1 Å². The summed E-state index contributed by atoms with van der Waals surface area (Å²) in [7, 11) is 0. The van der Waals surface area contributed by atoms with Gasteiger partial charge in [0.15, 0.2) is 0 Å². The minimum absolute atomic E-state index is 0.0969. The number of carbonyl (C=O) groups is 1. The number of carbonyl (C=O) groups excluding carboxylic acids is 1. The van der Waals surface area contributed by atoms with Crippen molar-refractivity contribution in [2.45, 2.75) is 56.7 Å². The van der Waals surface area contributed by atoms with E-state index in [4.69, 9.17) is 5.73 Å². The molecule has 0 spiro atoms. The molecule has 4 nitrogen and oxygen atoms in total. The highest BCUT2D eigenvalue weighted by Crippen LogP contribution is 2.27. The summed E-state index contributed by atoms with van der Waals surface area (Å²) in [5.41, 5.74) is 7.61. The van der Waals surface area contributed by atoms with E-state index in [1.807, 2.05) is 13.0 Å². The minimum atomic E-state index is -0.0969. The first-order valence-corrected chi connectivity index (χ1v) is 8.50. The number of benzene rings is 1. The molecule has 0 radical (unpaired) electrons. The summed E-state index contributed by atoms with van der Waals surface area (Å²) in [6, 6.07) is 10.8. The van der Waals surface area contributed by atoms with E-state index in [0.29, 0.717) is 12.0 Å². The van der Waals surface area contributed by atoms with Gasteiger partial charge in [0.1, 0.15) is 0 Å². The number of rotatable bonds is 4. The van der Waals surface area contributed by atoms with Crippen LogP contribution in [0, 0.1) is 0 Å². The molecular formula is C18H27N3O. The van der Waals surface area contributed by atoms with Crippen LogP contribution in [-0.2, 0) is 4.79 Å². The molecule has 3 rings (SSSR count). The Balaban J connectivity index is 1.59. The highest BCUT2D eigenvalue weighted by atomic mass is 16.2. The van der Waals surface area contributed by atoms with Crippen molar-refractivity contribution in [3.63, 3.8) is 0 Å². The van der Waals surface area contributed by atoms with Gasteiger partial charge in [0.05, 0.1) is 6.04 Å². The summed E-state index contributed by atoms with van der Waals surface area (Å²) in [5, 5.41) is 3.20. The number of nitrogens with two attached hydrogens (primary N) is 1. The van der Waals surface area contributed by atoms with Crippen molar-refractivity contribution < 1.29 is 4.79 Å². The average molecular weight is 301 g/mol. The highest BCUT2D eigenvalue weighted by molar-refractivity contribution is 5.81. The van der Waals surface area contributed by atoms with Crippen LogP contribution in [0.5, 0.6) is 0 Å². The molecule has 22 heavy (non-hydrogen) atoms. The molecule has 1 aromatic rings. The fraction of sp³-hybridized carbons (Fsp3) is 0.611. The largest absolute Gasteiger partial charge is 0.352 e. The molecule has 1 heterocycles. The van der Waals surface area contributed by atoms with Gasteiger partial charge >= 0.3 is 0 Å². The van der Waals surface area contributed by atoms with Crippen LogP contribution in [0.4, 0.5) is 0 Å². The molecule has 1 aliphatic carbocycles. The topological polar surface area (TPSA) is 58.4 Å². The highest BCUT2D eigenvalue weighted by Gasteiger charge is 2.36. The normalized spacial score (nSPS) is 27.9. The predicted octanol–water partition coefficient (Wildman–Crippen LogP) is 1.86. The lowest BCUT2D eigenvalue weighted by Crippen LogP contribution is -2.47. The Bertz CT molecular complexity index is 498. The second kappa shape index (κ2) is 6.80. The number of likely N-dealkylation sites (tertiary alicyclic amines) is 1. The Morgan fingerprint density at radius 1 is 1.23 bits per heavy atom. The third-order valence-electron chi connectivity index (χ3n) is 5.25. The van der Waals surface area contributed by atoms with Crippen LogP contribution >= 0.6 is 0 Å². The Morgan fingerprint density at radius 3 is 2.59 bits per heavy atom. The van der Waals surface area contributed by atoms with E-state index in [0.717, 1.165) is 25.9 Å². The SMILES string of the molecule is CC(C(=O)NC1CCCC1)N1C[C@@H](N)[C@H](c2ccccc2)C1. The molecule has 4 heteroatoms. The van der Waals surface area contributed by atoms with Crippen LogP contribution in [0.3, 0.4) is 0 Å². The van der Waals surface area contributed by atoms with Crippen molar-refractivity contribution in [2.24, 2.45) is 5.73 Å². The van der Waals surface area contributed by atoms with Crippen molar-refractivity contribution in [1.29, 1.82) is 0 Å². The van der Waals surface area contributed by atoms with E-state index < -0.39 is 0 Å². The smallest absolute Gasteiger partial charge is 0.237 e. The van der Waals surface area contributed by atoms with Crippen molar-refractivity contribution >= 4 is 5.91 Å². The van der Waals surface area contributed by atoms with Crippen molar-refractivity contribution in [3.05, 3.63) is 35.9 Å². The number of nitrogens with one attached hydrogen (secondary N) is 1. The first kappa shape index (κ1) is 15.5. The van der Waals surface area contributed by atoms with Gasteiger partial charge in [-0.1, -0.05) is 43.2 Å². The van der Waals surface area contributed by atoms with Crippen molar-refractivity contribution in [3.8, 4) is 0 Å². The van der Waals surface area contributed by atoms with E-state index in [9.17, 15) is 4.79 Å². The summed E-state index contributed by atoms with van der Waals surface area (Å²) >= 11 is 0. The zero-order valence-corrected chi connectivity index (χ0v) is 13.4. The lowest BCUT2D eigenvalue weighted by molar-refractivity contribution is -0.126. The third-order valence-corrected chi connectivity index (χ3v) is 5.25. The summed E-state index contributed by atoms with van der Waals surface area (Å²) in [6.07, 6.45) is 4.74. The number of amides is 1. The lowest BCUT2D eigenvalue weighted by atomic mass is 9.95. The number of hydrogen-bond acceptors (Lipinski definition) is 3. The van der Waals surface area contributed by atoms with E-state index in [1.54, 1.807) is 0 Å². The second-order valence-electron chi connectivity index (χ2n) is 6.80. The molecule has 1 aromatic carbocycles. The van der Waals surface area contributed by atoms with Crippen LogP contribution in [0.1, 0.15) is 44.1 Å². The molecular weight excluding hydrogens is 274 g/mol. The first-order chi connectivity index (χ1) is 10.6. The first-order valence-electron chi connectivity index (χ1n) is 8.50. The molecule has 2 fully saturated rings. The van der Waals surface area contributed by atoms with Gasteiger partial charge < -0.3 is 11.1 Å². The Kier molecular flexibility index (Phi) is 4.79. The van der Waals surface area contributed by atoms with Gasteiger partial charge in [0.2, 0.25) is 5.91 Å². The van der Waals surface area contributed by atoms with Crippen LogP contribution in [-0.4, -0.2) is 42.0 Å². The summed E-state index contributed by atoms with van der Waals surface area (Å²) in [5.74, 6) is 0.482. The van der Waals surface area contributed by atoms with Gasteiger partial charge in [-0.25, -0.2) is 0 Å².